The number of hydrogen-bond donors (Lipinski definition) is 1. The molecule has 0 radical (unpaired) electrons. The van der Waals surface area contributed by atoms with E-state index in [1.807, 2.05) is 0 Å². The summed E-state index contributed by atoms with van der Waals surface area (Å²) in [5.74, 6) is -0.533. The number of nitro groups is 1. The average Bonchev–Trinajstić information content (AvgIpc) is 3.34. The van der Waals surface area contributed by atoms with Gasteiger partial charge in [0.05, 0.1) is 17.7 Å². The van der Waals surface area contributed by atoms with Crippen LogP contribution >= 0.6 is 0 Å². The van der Waals surface area contributed by atoms with Gasteiger partial charge in [-0.05, 0) is 25.0 Å². The molecule has 1 aromatic heterocycles. The first-order valence-electron chi connectivity index (χ1n) is 7.96. The summed E-state index contributed by atoms with van der Waals surface area (Å²) in [6.07, 6.45) is -3.12. The van der Waals surface area contributed by atoms with Crippen LogP contribution in [0.4, 0.5) is 24.5 Å². The van der Waals surface area contributed by atoms with E-state index in [0.717, 1.165) is 29.7 Å². The fraction of sp³-hybridized carbons (Fsp3) is 0.375. The van der Waals surface area contributed by atoms with Crippen LogP contribution in [0.15, 0.2) is 24.3 Å². The number of hydrogen-bond acceptors (Lipinski definition) is 5. The molecular weight excluding hydrogens is 369 g/mol. The second-order valence-electron chi connectivity index (χ2n) is 6.07. The van der Waals surface area contributed by atoms with Crippen LogP contribution in [0.5, 0.6) is 5.75 Å². The maximum Gasteiger partial charge on any atom is 0.435 e. The number of anilines is 1. The SMILES string of the molecule is COc1ccc([N+](=O)[O-])cc1NC(=O)Cn1nc(C(F)(F)F)cc1C1CC1. The molecule has 3 rings (SSSR count). The summed E-state index contributed by atoms with van der Waals surface area (Å²) in [6, 6.07) is 4.60. The number of nitro benzene ring substituents is 1. The van der Waals surface area contributed by atoms with Crippen molar-refractivity contribution in [2.45, 2.75) is 31.5 Å². The Kier molecular flexibility index (Phi) is 4.77. The maximum atomic E-state index is 12.9. The van der Waals surface area contributed by atoms with E-state index >= 15 is 0 Å². The predicted molar refractivity (Wildman–Crippen MR) is 87.5 cm³/mol. The minimum Gasteiger partial charge on any atom is -0.495 e. The molecule has 0 unspecified atom stereocenters. The summed E-state index contributed by atoms with van der Waals surface area (Å²) in [7, 11) is 1.32. The monoisotopic (exact) mass is 384 g/mol. The van der Waals surface area contributed by atoms with Gasteiger partial charge in [0.1, 0.15) is 12.3 Å². The van der Waals surface area contributed by atoms with Crippen LogP contribution in [0.25, 0.3) is 0 Å². The summed E-state index contributed by atoms with van der Waals surface area (Å²) < 4.78 is 44.8. The summed E-state index contributed by atoms with van der Waals surface area (Å²) in [6.45, 7) is -0.451. The number of alkyl halides is 3. The van der Waals surface area contributed by atoms with Crippen molar-refractivity contribution >= 4 is 17.3 Å². The fourth-order valence-electron chi connectivity index (χ4n) is 2.64. The second-order valence-corrected chi connectivity index (χ2v) is 6.07. The number of non-ortho nitro benzene ring substituents is 1. The zero-order valence-corrected chi connectivity index (χ0v) is 14.1. The molecule has 1 N–H and O–H groups in total. The van der Waals surface area contributed by atoms with Gasteiger partial charge >= 0.3 is 6.18 Å². The third kappa shape index (κ3) is 4.18. The Hall–Kier alpha value is -3.11. The predicted octanol–water partition coefficient (Wildman–Crippen LogP) is 3.33. The van der Waals surface area contributed by atoms with Crippen molar-refractivity contribution in [1.29, 1.82) is 0 Å². The molecule has 1 amide bonds. The molecule has 1 fully saturated rings. The summed E-state index contributed by atoms with van der Waals surface area (Å²) >= 11 is 0. The maximum absolute atomic E-state index is 12.9. The molecule has 0 saturated heterocycles. The van der Waals surface area contributed by atoms with Crippen LogP contribution in [0.2, 0.25) is 0 Å². The van der Waals surface area contributed by atoms with Crippen molar-refractivity contribution in [2.75, 3.05) is 12.4 Å². The van der Waals surface area contributed by atoms with E-state index in [0.29, 0.717) is 5.69 Å². The van der Waals surface area contributed by atoms with Crippen LogP contribution in [0.1, 0.15) is 30.1 Å². The van der Waals surface area contributed by atoms with Crippen molar-refractivity contribution in [1.82, 2.24) is 9.78 Å². The zero-order chi connectivity index (χ0) is 19.8. The van der Waals surface area contributed by atoms with E-state index in [4.69, 9.17) is 4.74 Å². The van der Waals surface area contributed by atoms with Gasteiger partial charge in [0.25, 0.3) is 5.69 Å². The number of benzene rings is 1. The number of amides is 1. The number of aromatic nitrogens is 2. The Morgan fingerprint density at radius 3 is 2.67 bits per heavy atom. The number of ether oxygens (including phenoxy) is 1. The molecule has 1 heterocycles. The van der Waals surface area contributed by atoms with Crippen LogP contribution in [-0.4, -0.2) is 27.7 Å². The van der Waals surface area contributed by atoms with E-state index in [9.17, 15) is 28.1 Å². The normalized spacial score (nSPS) is 14.1. The first-order valence-corrected chi connectivity index (χ1v) is 7.96. The lowest BCUT2D eigenvalue weighted by atomic mass is 10.2. The first-order chi connectivity index (χ1) is 12.7. The van der Waals surface area contributed by atoms with E-state index in [1.54, 1.807) is 0 Å². The second kappa shape index (κ2) is 6.89. The van der Waals surface area contributed by atoms with E-state index < -0.39 is 29.2 Å². The highest BCUT2D eigenvalue weighted by atomic mass is 19.4. The number of methoxy groups -OCH3 is 1. The van der Waals surface area contributed by atoms with Gasteiger partial charge in [-0.2, -0.15) is 18.3 Å². The standard InChI is InChI=1S/C16H15F3N4O4/c1-27-13-5-4-10(23(25)26)6-11(13)20-15(24)8-22-12(9-2-3-9)7-14(21-22)16(17,18)19/h4-7,9H,2-3,8H2,1H3,(H,20,24). The Labute approximate surface area is 151 Å². The third-order valence-electron chi connectivity index (χ3n) is 4.06. The highest BCUT2D eigenvalue weighted by molar-refractivity contribution is 5.92. The Balaban J connectivity index is 1.81. The lowest BCUT2D eigenvalue weighted by Gasteiger charge is -2.11. The van der Waals surface area contributed by atoms with Crippen molar-refractivity contribution in [3.05, 3.63) is 45.8 Å². The Bertz CT molecular complexity index is 890. The molecule has 1 saturated carbocycles. The van der Waals surface area contributed by atoms with Crippen molar-refractivity contribution < 1.29 is 27.6 Å². The third-order valence-corrected chi connectivity index (χ3v) is 4.06. The molecule has 0 spiro atoms. The van der Waals surface area contributed by atoms with Crippen LogP contribution in [0.3, 0.4) is 0 Å². The van der Waals surface area contributed by atoms with Crippen molar-refractivity contribution in [3.8, 4) is 5.75 Å². The largest absolute Gasteiger partial charge is 0.495 e. The first kappa shape index (κ1) is 18.7. The number of rotatable bonds is 6. The van der Waals surface area contributed by atoms with Crippen molar-refractivity contribution in [2.24, 2.45) is 0 Å². The van der Waals surface area contributed by atoms with Crippen molar-refractivity contribution in [3.63, 3.8) is 0 Å². The molecule has 0 aliphatic heterocycles. The van der Waals surface area contributed by atoms with Crippen LogP contribution in [-0.2, 0) is 17.5 Å². The lowest BCUT2D eigenvalue weighted by Crippen LogP contribution is -2.21. The lowest BCUT2D eigenvalue weighted by molar-refractivity contribution is -0.384. The van der Waals surface area contributed by atoms with Gasteiger partial charge in [-0.25, -0.2) is 0 Å². The number of nitrogens with one attached hydrogen (secondary N) is 1. The number of halogens is 3. The van der Waals surface area contributed by atoms with Crippen LogP contribution in [0, 0.1) is 10.1 Å². The molecular formula is C16H15F3N4O4. The molecule has 0 atom stereocenters. The quantitative estimate of drug-likeness (QED) is 0.608. The van der Waals surface area contributed by atoms with Gasteiger partial charge in [-0.1, -0.05) is 0 Å². The summed E-state index contributed by atoms with van der Waals surface area (Å²) in [4.78, 5) is 22.6. The zero-order valence-electron chi connectivity index (χ0n) is 14.1. The number of carbonyl (C=O) groups is 1. The molecule has 11 heteroatoms. The number of carbonyl (C=O) groups excluding carboxylic acids is 1. The Morgan fingerprint density at radius 1 is 1.41 bits per heavy atom. The molecule has 0 bridgehead atoms. The minimum atomic E-state index is -4.60. The topological polar surface area (TPSA) is 99.3 Å². The smallest absolute Gasteiger partial charge is 0.435 e. The van der Waals surface area contributed by atoms with Gasteiger partial charge in [-0.15, -0.1) is 0 Å². The van der Waals surface area contributed by atoms with Gasteiger partial charge in [-0.3, -0.25) is 19.6 Å². The molecule has 1 aliphatic carbocycles. The highest BCUT2D eigenvalue weighted by Gasteiger charge is 2.38. The molecule has 1 aromatic carbocycles. The van der Waals surface area contributed by atoms with Gasteiger partial charge in [0, 0.05) is 23.7 Å². The van der Waals surface area contributed by atoms with E-state index in [2.05, 4.69) is 10.4 Å². The highest BCUT2D eigenvalue weighted by Crippen LogP contribution is 2.42. The molecule has 27 heavy (non-hydrogen) atoms. The fourth-order valence-corrected chi connectivity index (χ4v) is 2.64. The molecule has 144 valence electrons. The minimum absolute atomic E-state index is 0.0475. The van der Waals surface area contributed by atoms with Gasteiger partial charge in [0.2, 0.25) is 5.91 Å². The van der Waals surface area contributed by atoms with E-state index in [-0.39, 0.29) is 23.0 Å². The molecule has 1 aliphatic rings. The summed E-state index contributed by atoms with van der Waals surface area (Å²) in [5, 5.41) is 16.8. The van der Waals surface area contributed by atoms with Gasteiger partial charge < -0.3 is 10.1 Å². The van der Waals surface area contributed by atoms with Gasteiger partial charge in [0.15, 0.2) is 5.69 Å². The molecule has 2 aromatic rings. The average molecular weight is 384 g/mol. The number of nitrogens with zero attached hydrogens (tertiary/aromatic N) is 3. The summed E-state index contributed by atoms with van der Waals surface area (Å²) in [5.41, 5.74) is -0.912. The Morgan fingerprint density at radius 2 is 2.11 bits per heavy atom. The van der Waals surface area contributed by atoms with E-state index in [1.165, 1.54) is 19.2 Å². The van der Waals surface area contributed by atoms with Crippen LogP contribution < -0.4 is 10.1 Å². The molecule has 8 nitrogen and oxygen atoms in total.